The van der Waals surface area contributed by atoms with E-state index in [0.29, 0.717) is 19.7 Å². The van der Waals surface area contributed by atoms with Gasteiger partial charge in [-0.05, 0) is 12.8 Å². The molecule has 0 saturated carbocycles. The van der Waals surface area contributed by atoms with Crippen LogP contribution in [0.3, 0.4) is 0 Å². The molecule has 2 aliphatic heterocycles. The number of morpholine rings is 1. The van der Waals surface area contributed by atoms with Crippen molar-refractivity contribution in [3.05, 3.63) is 18.1 Å². The van der Waals surface area contributed by atoms with E-state index in [1.807, 2.05) is 4.90 Å². The molecule has 0 spiro atoms. The van der Waals surface area contributed by atoms with Crippen LogP contribution in [0.15, 0.2) is 12.4 Å². The third-order valence-corrected chi connectivity index (χ3v) is 4.67. The van der Waals surface area contributed by atoms with Gasteiger partial charge in [0.2, 0.25) is 5.91 Å². The van der Waals surface area contributed by atoms with Crippen LogP contribution in [0, 0.1) is 0 Å². The lowest BCUT2D eigenvalue weighted by atomic mass is 10.1. The Hall–Kier alpha value is -1.94. The summed E-state index contributed by atoms with van der Waals surface area (Å²) in [5.41, 5.74) is -0.942. The zero-order chi connectivity index (χ0) is 18.6. The summed E-state index contributed by atoms with van der Waals surface area (Å²) >= 11 is 0. The Bertz CT molecular complexity index is 620. The fraction of sp³-hybridized carbons (Fsp3) is 0.688. The van der Waals surface area contributed by atoms with Crippen molar-refractivity contribution in [1.82, 2.24) is 19.8 Å². The maximum atomic E-state index is 12.7. The summed E-state index contributed by atoms with van der Waals surface area (Å²) in [6.45, 7) is 4.50. The van der Waals surface area contributed by atoms with Gasteiger partial charge in [-0.15, -0.1) is 0 Å². The predicted molar refractivity (Wildman–Crippen MR) is 87.5 cm³/mol. The number of nitrogens with zero attached hydrogens (tertiary/aromatic N) is 4. The first-order chi connectivity index (χ1) is 12.4. The smallest absolute Gasteiger partial charge is 0.370 e. The van der Waals surface area contributed by atoms with Gasteiger partial charge in [0.1, 0.15) is 24.4 Å². The van der Waals surface area contributed by atoms with Gasteiger partial charge in [0.25, 0.3) is 0 Å². The summed E-state index contributed by atoms with van der Waals surface area (Å²) < 4.78 is 43.2. The van der Waals surface area contributed by atoms with E-state index in [-0.39, 0.29) is 24.4 Å². The minimum atomic E-state index is -4.47. The Balaban J connectivity index is 1.43. The molecule has 7 nitrogen and oxygen atoms in total. The first-order valence-corrected chi connectivity index (χ1v) is 8.65. The van der Waals surface area contributed by atoms with E-state index >= 15 is 0 Å². The molecule has 10 heteroatoms. The second-order valence-corrected chi connectivity index (χ2v) is 6.48. The summed E-state index contributed by atoms with van der Waals surface area (Å²) in [6, 6.07) is 1.02. The molecule has 0 atom stereocenters. The van der Waals surface area contributed by atoms with E-state index in [2.05, 4.69) is 20.2 Å². The van der Waals surface area contributed by atoms with E-state index in [0.717, 1.165) is 44.9 Å². The fourth-order valence-corrected chi connectivity index (χ4v) is 3.15. The number of aromatic nitrogens is 2. The van der Waals surface area contributed by atoms with Gasteiger partial charge in [-0.25, -0.2) is 9.97 Å². The normalized spacial score (nSPS) is 20.4. The van der Waals surface area contributed by atoms with Gasteiger partial charge in [0.05, 0.1) is 6.61 Å². The number of rotatable bonds is 5. The van der Waals surface area contributed by atoms with E-state index in [1.165, 1.54) is 0 Å². The first-order valence-electron chi connectivity index (χ1n) is 8.65. The lowest BCUT2D eigenvalue weighted by molar-refractivity contribution is -0.143. The van der Waals surface area contributed by atoms with Crippen LogP contribution in [0.25, 0.3) is 0 Å². The number of hydrogen-bond acceptors (Lipinski definition) is 6. The summed E-state index contributed by atoms with van der Waals surface area (Å²) in [5, 5.41) is 3.07. The van der Waals surface area contributed by atoms with Crippen molar-refractivity contribution >= 4 is 11.7 Å². The molecule has 2 saturated heterocycles. The van der Waals surface area contributed by atoms with Crippen molar-refractivity contribution in [2.24, 2.45) is 0 Å². The highest BCUT2D eigenvalue weighted by atomic mass is 19.4. The topological polar surface area (TPSA) is 70.6 Å². The minimum Gasteiger partial charge on any atom is -0.370 e. The minimum absolute atomic E-state index is 0.0250. The van der Waals surface area contributed by atoms with Crippen molar-refractivity contribution in [2.45, 2.75) is 25.1 Å². The third-order valence-electron chi connectivity index (χ3n) is 4.67. The number of likely N-dealkylation sites (tertiary alicyclic amines) is 1. The van der Waals surface area contributed by atoms with Crippen LogP contribution in [0.5, 0.6) is 0 Å². The maximum Gasteiger partial charge on any atom is 0.433 e. The molecule has 0 bridgehead atoms. The van der Waals surface area contributed by atoms with E-state index < -0.39 is 11.9 Å². The Morgan fingerprint density at radius 2 is 1.96 bits per heavy atom. The number of nitrogens with one attached hydrogen (secondary N) is 1. The molecule has 0 aromatic carbocycles. The molecule has 26 heavy (non-hydrogen) atoms. The average Bonchev–Trinajstić information content (AvgIpc) is 2.62. The van der Waals surface area contributed by atoms with Crippen LogP contribution in [0.1, 0.15) is 18.5 Å². The summed E-state index contributed by atoms with van der Waals surface area (Å²) in [7, 11) is 0. The Labute approximate surface area is 149 Å². The molecule has 144 valence electrons. The van der Waals surface area contributed by atoms with Gasteiger partial charge in [0.15, 0.2) is 0 Å². The van der Waals surface area contributed by atoms with E-state index in [4.69, 9.17) is 4.74 Å². The molecule has 2 aliphatic rings. The molecular formula is C16H22F3N5O2. The highest BCUT2D eigenvalue weighted by molar-refractivity contribution is 5.77. The molecule has 3 heterocycles. The van der Waals surface area contributed by atoms with Crippen LogP contribution in [0.4, 0.5) is 19.0 Å². The number of carbonyl (C=O) groups excluding carboxylic acids is 1. The SMILES string of the molecule is O=C1COCCN1CCN1CCC(Nc2cc(C(F)(F)F)ncn2)CC1. The summed E-state index contributed by atoms with van der Waals surface area (Å²) in [5.74, 6) is 0.224. The van der Waals surface area contributed by atoms with Crippen LogP contribution in [-0.4, -0.2) is 77.7 Å². The quantitative estimate of drug-likeness (QED) is 0.837. The second-order valence-electron chi connectivity index (χ2n) is 6.48. The lowest BCUT2D eigenvalue weighted by Crippen LogP contribution is -2.47. The first kappa shape index (κ1) is 18.8. The number of amides is 1. The van der Waals surface area contributed by atoms with Crippen LogP contribution in [-0.2, 0) is 15.7 Å². The number of hydrogen-bond donors (Lipinski definition) is 1. The van der Waals surface area contributed by atoms with Crippen LogP contribution in [0.2, 0.25) is 0 Å². The highest BCUT2D eigenvalue weighted by Gasteiger charge is 2.33. The number of halogens is 3. The van der Waals surface area contributed by atoms with Gasteiger partial charge in [-0.2, -0.15) is 13.2 Å². The Kier molecular flexibility index (Phi) is 5.92. The number of ether oxygens (including phenoxy) is 1. The molecule has 1 aromatic heterocycles. The molecule has 1 N–H and O–H groups in total. The molecular weight excluding hydrogens is 351 g/mol. The van der Waals surface area contributed by atoms with E-state index in [1.54, 1.807) is 0 Å². The Morgan fingerprint density at radius 1 is 1.19 bits per heavy atom. The molecule has 0 aliphatic carbocycles. The number of carbonyl (C=O) groups is 1. The molecule has 1 aromatic rings. The number of alkyl halides is 3. The molecule has 1 amide bonds. The molecule has 2 fully saturated rings. The number of piperidine rings is 1. The second kappa shape index (κ2) is 8.17. The van der Waals surface area contributed by atoms with Gasteiger partial charge in [0, 0.05) is 44.8 Å². The van der Waals surface area contributed by atoms with Crippen LogP contribution < -0.4 is 5.32 Å². The zero-order valence-electron chi connectivity index (χ0n) is 14.3. The third kappa shape index (κ3) is 5.04. The van der Waals surface area contributed by atoms with Crippen molar-refractivity contribution in [2.75, 3.05) is 51.3 Å². The van der Waals surface area contributed by atoms with E-state index in [9.17, 15) is 18.0 Å². The maximum absolute atomic E-state index is 12.7. The highest BCUT2D eigenvalue weighted by Crippen LogP contribution is 2.28. The van der Waals surface area contributed by atoms with Gasteiger partial charge in [-0.3, -0.25) is 4.79 Å². The molecule has 3 rings (SSSR count). The molecule has 0 unspecified atom stereocenters. The Morgan fingerprint density at radius 3 is 2.65 bits per heavy atom. The summed E-state index contributed by atoms with van der Waals surface area (Å²) in [6.07, 6.45) is -1.93. The monoisotopic (exact) mass is 373 g/mol. The molecule has 0 radical (unpaired) electrons. The van der Waals surface area contributed by atoms with Crippen molar-refractivity contribution in [3.63, 3.8) is 0 Å². The predicted octanol–water partition coefficient (Wildman–Crippen LogP) is 1.23. The summed E-state index contributed by atoms with van der Waals surface area (Å²) in [4.78, 5) is 22.9. The zero-order valence-corrected chi connectivity index (χ0v) is 14.3. The number of anilines is 1. The largest absolute Gasteiger partial charge is 0.433 e. The fourth-order valence-electron chi connectivity index (χ4n) is 3.15. The van der Waals surface area contributed by atoms with Gasteiger partial charge >= 0.3 is 6.18 Å². The lowest BCUT2D eigenvalue weighted by Gasteiger charge is -2.34. The van der Waals surface area contributed by atoms with Crippen molar-refractivity contribution < 1.29 is 22.7 Å². The van der Waals surface area contributed by atoms with Crippen molar-refractivity contribution in [1.29, 1.82) is 0 Å². The standard InChI is InChI=1S/C16H22F3N5O2/c17-16(18,19)13-9-14(21-11-20-13)22-12-1-3-23(4-2-12)5-6-24-7-8-26-10-15(24)25/h9,11-12H,1-8,10H2,(H,20,21,22). The van der Waals surface area contributed by atoms with Gasteiger partial charge < -0.3 is 19.9 Å². The van der Waals surface area contributed by atoms with Gasteiger partial charge in [-0.1, -0.05) is 0 Å². The van der Waals surface area contributed by atoms with Crippen LogP contribution >= 0.6 is 0 Å². The van der Waals surface area contributed by atoms with Crippen molar-refractivity contribution in [3.8, 4) is 0 Å². The average molecular weight is 373 g/mol.